The molecule has 1 unspecified atom stereocenters. The van der Waals surface area contributed by atoms with Crippen LogP contribution in [0.1, 0.15) is 22.3 Å². The van der Waals surface area contributed by atoms with Gasteiger partial charge in [0.15, 0.2) is 0 Å². The molecule has 0 fully saturated rings. The number of esters is 1. The molecule has 152 valence electrons. The molecule has 2 aromatic carbocycles. The third kappa shape index (κ3) is 4.84. The second kappa shape index (κ2) is 8.94. The molecule has 2 rings (SSSR count). The highest BCUT2D eigenvalue weighted by molar-refractivity contribution is 7.89. The first kappa shape index (κ1) is 22.2. The molecule has 0 aliphatic carbocycles. The van der Waals surface area contributed by atoms with Gasteiger partial charge in [0, 0.05) is 5.02 Å². The molecular weight excluding hydrogens is 402 g/mol. The summed E-state index contributed by atoms with van der Waals surface area (Å²) in [6.07, 6.45) is 0.135. The minimum atomic E-state index is -3.98. The fraction of sp³-hybridized carbons (Fsp3) is 0.350. The molecule has 0 bridgehead atoms. The van der Waals surface area contributed by atoms with E-state index >= 15 is 0 Å². The number of carbonyl (C=O) groups excluding carboxylic acids is 1. The Bertz CT molecular complexity index is 971. The summed E-state index contributed by atoms with van der Waals surface area (Å²) in [6.45, 7) is 5.19. The quantitative estimate of drug-likeness (QED) is 0.688. The lowest BCUT2D eigenvalue weighted by molar-refractivity contribution is -0.142. The number of nitrogens with one attached hydrogen (secondary N) is 1. The number of benzene rings is 2. The molecule has 6 nitrogen and oxygen atoms in total. The zero-order valence-corrected chi connectivity index (χ0v) is 18.1. The highest BCUT2D eigenvalue weighted by Crippen LogP contribution is 2.30. The first-order valence-electron chi connectivity index (χ1n) is 8.60. The van der Waals surface area contributed by atoms with Gasteiger partial charge in [0.05, 0.1) is 19.1 Å². The summed E-state index contributed by atoms with van der Waals surface area (Å²) in [5, 5.41) is 0.555. The van der Waals surface area contributed by atoms with E-state index in [0.717, 1.165) is 11.1 Å². The van der Waals surface area contributed by atoms with Gasteiger partial charge >= 0.3 is 5.97 Å². The first-order valence-corrected chi connectivity index (χ1v) is 10.5. The average molecular weight is 426 g/mol. The van der Waals surface area contributed by atoms with Crippen LogP contribution in [0, 0.1) is 20.8 Å². The third-order valence-electron chi connectivity index (χ3n) is 4.60. The lowest BCUT2D eigenvalue weighted by atomic mass is 10.1. The van der Waals surface area contributed by atoms with E-state index in [1.165, 1.54) is 14.2 Å². The van der Waals surface area contributed by atoms with Crippen LogP contribution in [0.5, 0.6) is 5.75 Å². The van der Waals surface area contributed by atoms with Gasteiger partial charge in [-0.3, -0.25) is 4.79 Å². The number of hydrogen-bond donors (Lipinski definition) is 1. The maximum atomic E-state index is 13.1. The number of ether oxygens (including phenoxy) is 2. The fourth-order valence-corrected chi connectivity index (χ4v) is 4.90. The summed E-state index contributed by atoms with van der Waals surface area (Å²) in [7, 11) is -1.23. The Morgan fingerprint density at radius 2 is 1.71 bits per heavy atom. The summed E-state index contributed by atoms with van der Waals surface area (Å²) >= 11 is 5.89. The molecule has 28 heavy (non-hydrogen) atoms. The molecule has 2 aromatic rings. The highest BCUT2D eigenvalue weighted by Gasteiger charge is 2.30. The number of halogens is 1. The summed E-state index contributed by atoms with van der Waals surface area (Å²) in [5.41, 5.74) is 2.57. The summed E-state index contributed by atoms with van der Waals surface area (Å²) < 4.78 is 38.8. The van der Waals surface area contributed by atoms with Crippen LogP contribution >= 0.6 is 11.6 Å². The zero-order chi connectivity index (χ0) is 21.1. The number of aryl methyl sites for hydroxylation is 1. The Kier molecular flexibility index (Phi) is 7.09. The van der Waals surface area contributed by atoms with E-state index in [9.17, 15) is 13.2 Å². The van der Waals surface area contributed by atoms with Gasteiger partial charge in [0.25, 0.3) is 0 Å². The predicted octanol–water partition coefficient (Wildman–Crippen LogP) is 3.34. The van der Waals surface area contributed by atoms with Gasteiger partial charge in [0.1, 0.15) is 11.8 Å². The maximum absolute atomic E-state index is 13.1. The number of carbonyl (C=O) groups is 1. The van der Waals surface area contributed by atoms with Crippen molar-refractivity contribution in [3.05, 3.63) is 57.6 Å². The van der Waals surface area contributed by atoms with Crippen molar-refractivity contribution in [3.8, 4) is 5.75 Å². The van der Waals surface area contributed by atoms with Crippen LogP contribution in [0.25, 0.3) is 0 Å². The average Bonchev–Trinajstić information content (AvgIpc) is 2.64. The Morgan fingerprint density at radius 3 is 2.25 bits per heavy atom. The first-order chi connectivity index (χ1) is 13.1. The van der Waals surface area contributed by atoms with Crippen LogP contribution in [0.2, 0.25) is 5.02 Å². The SMILES string of the molecule is COC(=O)C(Cc1ccc(Cl)cc1)NS(=O)(=O)c1c(C)cc(OC)c(C)c1C. The monoisotopic (exact) mass is 425 g/mol. The van der Waals surface area contributed by atoms with Crippen LogP contribution in [0.3, 0.4) is 0 Å². The molecule has 0 spiro atoms. The molecule has 1 atom stereocenters. The largest absolute Gasteiger partial charge is 0.496 e. The Balaban J connectivity index is 2.42. The van der Waals surface area contributed by atoms with Crippen molar-refractivity contribution in [2.75, 3.05) is 14.2 Å². The summed E-state index contributed by atoms with van der Waals surface area (Å²) in [6, 6.07) is 7.43. The van der Waals surface area contributed by atoms with Crippen LogP contribution < -0.4 is 9.46 Å². The van der Waals surface area contributed by atoms with Crippen molar-refractivity contribution in [2.24, 2.45) is 0 Å². The van der Waals surface area contributed by atoms with Crippen LogP contribution in [-0.4, -0.2) is 34.6 Å². The van der Waals surface area contributed by atoms with Gasteiger partial charge in [-0.15, -0.1) is 0 Å². The Morgan fingerprint density at radius 1 is 1.11 bits per heavy atom. The minimum absolute atomic E-state index is 0.135. The van der Waals surface area contributed by atoms with Crippen molar-refractivity contribution in [3.63, 3.8) is 0 Å². The topological polar surface area (TPSA) is 81.7 Å². The summed E-state index contributed by atoms with van der Waals surface area (Å²) in [5.74, 6) is -0.0568. The third-order valence-corrected chi connectivity index (χ3v) is 6.62. The van der Waals surface area contributed by atoms with E-state index in [1.54, 1.807) is 51.1 Å². The lowest BCUT2D eigenvalue weighted by Crippen LogP contribution is -2.43. The van der Waals surface area contributed by atoms with Crippen molar-refractivity contribution in [2.45, 2.75) is 38.1 Å². The van der Waals surface area contributed by atoms with Crippen molar-refractivity contribution in [1.82, 2.24) is 4.72 Å². The highest BCUT2D eigenvalue weighted by atomic mass is 35.5. The molecule has 0 saturated heterocycles. The maximum Gasteiger partial charge on any atom is 0.324 e. The molecule has 8 heteroatoms. The smallest absolute Gasteiger partial charge is 0.324 e. The normalized spacial score (nSPS) is 12.5. The van der Waals surface area contributed by atoms with E-state index in [2.05, 4.69) is 4.72 Å². The van der Waals surface area contributed by atoms with Gasteiger partial charge in [-0.05, 0) is 67.6 Å². The van der Waals surface area contributed by atoms with Crippen LogP contribution in [0.15, 0.2) is 35.2 Å². The van der Waals surface area contributed by atoms with Crippen molar-refractivity contribution in [1.29, 1.82) is 0 Å². The molecule has 0 aliphatic heterocycles. The molecule has 0 saturated carbocycles. The van der Waals surface area contributed by atoms with E-state index in [4.69, 9.17) is 21.1 Å². The number of methoxy groups -OCH3 is 2. The Labute approximate surface area is 170 Å². The zero-order valence-electron chi connectivity index (χ0n) is 16.5. The van der Waals surface area contributed by atoms with Gasteiger partial charge < -0.3 is 9.47 Å². The molecule has 0 heterocycles. The molecule has 1 N–H and O–H groups in total. The molecule has 0 aliphatic rings. The molecule has 0 radical (unpaired) electrons. The second-order valence-electron chi connectivity index (χ2n) is 6.50. The van der Waals surface area contributed by atoms with Gasteiger partial charge in [-0.2, -0.15) is 4.72 Å². The van der Waals surface area contributed by atoms with Gasteiger partial charge in [0.2, 0.25) is 10.0 Å². The van der Waals surface area contributed by atoms with Crippen molar-refractivity contribution >= 4 is 27.6 Å². The van der Waals surface area contributed by atoms with Gasteiger partial charge in [-0.25, -0.2) is 8.42 Å². The van der Waals surface area contributed by atoms with Crippen LogP contribution in [0.4, 0.5) is 0 Å². The number of hydrogen-bond acceptors (Lipinski definition) is 5. The Hall–Kier alpha value is -2.09. The molecular formula is C20H24ClNO5S. The summed E-state index contributed by atoms with van der Waals surface area (Å²) in [4.78, 5) is 12.4. The molecule has 0 aromatic heterocycles. The van der Waals surface area contributed by atoms with E-state index in [-0.39, 0.29) is 11.3 Å². The second-order valence-corrected chi connectivity index (χ2v) is 8.59. The van der Waals surface area contributed by atoms with E-state index < -0.39 is 22.0 Å². The predicted molar refractivity (Wildman–Crippen MR) is 108 cm³/mol. The fourth-order valence-electron chi connectivity index (χ4n) is 3.06. The number of rotatable bonds is 7. The number of sulfonamides is 1. The van der Waals surface area contributed by atoms with E-state index in [0.29, 0.717) is 21.9 Å². The standard InChI is InChI=1S/C20H24ClNO5S/c1-12-10-18(26-4)13(2)14(3)19(12)28(24,25)22-17(20(23)27-5)11-15-6-8-16(21)9-7-15/h6-10,17,22H,11H2,1-5H3. The van der Waals surface area contributed by atoms with E-state index in [1.807, 2.05) is 0 Å². The minimum Gasteiger partial charge on any atom is -0.496 e. The van der Waals surface area contributed by atoms with Gasteiger partial charge in [-0.1, -0.05) is 23.7 Å². The van der Waals surface area contributed by atoms with Crippen LogP contribution in [-0.2, 0) is 26.0 Å². The van der Waals surface area contributed by atoms with Crippen molar-refractivity contribution < 1.29 is 22.7 Å². The molecule has 0 amide bonds. The lowest BCUT2D eigenvalue weighted by Gasteiger charge is -2.20.